The summed E-state index contributed by atoms with van der Waals surface area (Å²) in [7, 11) is 1.90. The number of carbonyl (C=O) groups excluding carboxylic acids is 1. The van der Waals surface area contributed by atoms with Crippen LogP contribution >= 0.6 is 0 Å². The standard InChI is InChI=1S/C6H8N2O/c1-8-3-2-7-6(4-8)5-9/h2-3,5H,4H2,1H3. The topological polar surface area (TPSA) is 32.7 Å². The Morgan fingerprint density at radius 3 is 3.11 bits per heavy atom. The van der Waals surface area contributed by atoms with Crippen LogP contribution in [0, 0.1) is 0 Å². The Morgan fingerprint density at radius 1 is 1.89 bits per heavy atom. The van der Waals surface area contributed by atoms with Crippen molar-refractivity contribution in [3.05, 3.63) is 12.4 Å². The van der Waals surface area contributed by atoms with Crippen molar-refractivity contribution in [2.45, 2.75) is 0 Å². The van der Waals surface area contributed by atoms with Gasteiger partial charge < -0.3 is 4.90 Å². The molecule has 0 amide bonds. The smallest absolute Gasteiger partial charge is 0.166 e. The molecule has 1 aliphatic heterocycles. The van der Waals surface area contributed by atoms with Gasteiger partial charge in [0, 0.05) is 19.4 Å². The third-order valence-electron chi connectivity index (χ3n) is 1.11. The van der Waals surface area contributed by atoms with Crippen molar-refractivity contribution in [2.24, 2.45) is 4.99 Å². The highest BCUT2D eigenvalue weighted by Gasteiger charge is 2.01. The first-order valence-electron chi connectivity index (χ1n) is 2.71. The molecule has 0 aromatic carbocycles. The highest BCUT2D eigenvalue weighted by Crippen LogP contribution is 1.93. The third-order valence-corrected chi connectivity index (χ3v) is 1.11. The van der Waals surface area contributed by atoms with Crippen molar-refractivity contribution < 1.29 is 4.79 Å². The molecule has 0 atom stereocenters. The number of rotatable bonds is 1. The van der Waals surface area contributed by atoms with Crippen LogP contribution in [0.25, 0.3) is 0 Å². The van der Waals surface area contributed by atoms with E-state index in [2.05, 4.69) is 4.99 Å². The fourth-order valence-electron chi connectivity index (χ4n) is 0.660. The fraction of sp³-hybridized carbons (Fsp3) is 0.333. The SMILES string of the molecule is CN1C=CN=C(C=O)C1. The molecule has 9 heavy (non-hydrogen) atoms. The van der Waals surface area contributed by atoms with Crippen molar-refractivity contribution in [3.63, 3.8) is 0 Å². The highest BCUT2D eigenvalue weighted by atomic mass is 16.1. The van der Waals surface area contributed by atoms with Gasteiger partial charge in [0.25, 0.3) is 0 Å². The minimum atomic E-state index is 0.583. The van der Waals surface area contributed by atoms with E-state index in [4.69, 9.17) is 0 Å². The van der Waals surface area contributed by atoms with Crippen LogP contribution in [0.4, 0.5) is 0 Å². The van der Waals surface area contributed by atoms with Crippen LogP contribution in [0.15, 0.2) is 17.4 Å². The summed E-state index contributed by atoms with van der Waals surface area (Å²) in [6.45, 7) is 0.625. The number of carbonyl (C=O) groups is 1. The summed E-state index contributed by atoms with van der Waals surface area (Å²) in [4.78, 5) is 15.8. The Balaban J connectivity index is 2.65. The average Bonchev–Trinajstić information content (AvgIpc) is 1.88. The summed E-state index contributed by atoms with van der Waals surface area (Å²) in [6.07, 6.45) is 4.22. The third kappa shape index (κ3) is 1.38. The van der Waals surface area contributed by atoms with Crippen molar-refractivity contribution >= 4 is 12.0 Å². The molecule has 0 spiro atoms. The number of hydrogen-bond acceptors (Lipinski definition) is 3. The molecule has 0 radical (unpaired) electrons. The molecule has 48 valence electrons. The summed E-state index contributed by atoms with van der Waals surface area (Å²) >= 11 is 0. The van der Waals surface area contributed by atoms with Gasteiger partial charge in [0.2, 0.25) is 0 Å². The van der Waals surface area contributed by atoms with Crippen molar-refractivity contribution in [1.29, 1.82) is 0 Å². The van der Waals surface area contributed by atoms with E-state index >= 15 is 0 Å². The lowest BCUT2D eigenvalue weighted by atomic mass is 10.3. The molecular weight excluding hydrogens is 116 g/mol. The van der Waals surface area contributed by atoms with Gasteiger partial charge in [0.1, 0.15) is 0 Å². The normalized spacial score (nSPS) is 17.4. The number of hydrogen-bond donors (Lipinski definition) is 0. The molecule has 3 nitrogen and oxygen atoms in total. The maximum absolute atomic E-state index is 10.1. The van der Waals surface area contributed by atoms with E-state index in [-0.39, 0.29) is 0 Å². The van der Waals surface area contributed by atoms with E-state index in [9.17, 15) is 4.79 Å². The molecule has 0 bridgehead atoms. The van der Waals surface area contributed by atoms with Crippen molar-refractivity contribution in [1.82, 2.24) is 4.90 Å². The monoisotopic (exact) mass is 124 g/mol. The van der Waals surface area contributed by atoms with E-state index < -0.39 is 0 Å². The molecule has 0 N–H and O–H groups in total. The first-order chi connectivity index (χ1) is 4.33. The van der Waals surface area contributed by atoms with E-state index in [1.54, 1.807) is 6.20 Å². The van der Waals surface area contributed by atoms with Gasteiger partial charge in [-0.15, -0.1) is 0 Å². The number of nitrogens with zero attached hydrogens (tertiary/aromatic N) is 2. The summed E-state index contributed by atoms with van der Waals surface area (Å²) in [6, 6.07) is 0. The molecule has 0 aromatic heterocycles. The van der Waals surface area contributed by atoms with Crippen LogP contribution in [0.2, 0.25) is 0 Å². The molecule has 1 rings (SSSR count). The second-order valence-electron chi connectivity index (χ2n) is 1.95. The molecule has 0 saturated carbocycles. The maximum atomic E-state index is 10.1. The van der Waals surface area contributed by atoms with Gasteiger partial charge in [-0.25, -0.2) is 0 Å². The quantitative estimate of drug-likeness (QED) is 0.462. The van der Waals surface area contributed by atoms with Crippen LogP contribution in [-0.4, -0.2) is 30.5 Å². The first-order valence-corrected chi connectivity index (χ1v) is 2.71. The lowest BCUT2D eigenvalue weighted by Crippen LogP contribution is -2.23. The minimum Gasteiger partial charge on any atom is -0.373 e. The van der Waals surface area contributed by atoms with E-state index in [1.165, 1.54) is 0 Å². The van der Waals surface area contributed by atoms with Crippen LogP contribution < -0.4 is 0 Å². The molecular formula is C6H8N2O. The molecule has 0 aromatic rings. The highest BCUT2D eigenvalue weighted by molar-refractivity contribution is 6.29. The largest absolute Gasteiger partial charge is 0.373 e. The van der Waals surface area contributed by atoms with Gasteiger partial charge in [0.15, 0.2) is 6.29 Å². The van der Waals surface area contributed by atoms with Crippen LogP contribution in [0.1, 0.15) is 0 Å². The van der Waals surface area contributed by atoms with Gasteiger partial charge in [-0.2, -0.15) is 0 Å². The summed E-state index contributed by atoms with van der Waals surface area (Å²) in [5.74, 6) is 0. The van der Waals surface area contributed by atoms with Crippen LogP contribution in [-0.2, 0) is 4.79 Å². The van der Waals surface area contributed by atoms with Gasteiger partial charge in [-0.1, -0.05) is 0 Å². The summed E-state index contributed by atoms with van der Waals surface area (Å²) in [5.41, 5.74) is 0.583. The Bertz CT molecular complexity index is 172. The second kappa shape index (κ2) is 2.44. The lowest BCUT2D eigenvalue weighted by Gasteiger charge is -2.14. The zero-order valence-electron chi connectivity index (χ0n) is 5.24. The van der Waals surface area contributed by atoms with Crippen molar-refractivity contribution in [2.75, 3.05) is 13.6 Å². The summed E-state index contributed by atoms with van der Waals surface area (Å²) < 4.78 is 0. The number of aldehydes is 1. The Hall–Kier alpha value is -1.12. The predicted octanol–water partition coefficient (Wildman–Crippen LogP) is 0.0429. The second-order valence-corrected chi connectivity index (χ2v) is 1.95. The Morgan fingerprint density at radius 2 is 2.67 bits per heavy atom. The maximum Gasteiger partial charge on any atom is 0.166 e. The van der Waals surface area contributed by atoms with Crippen molar-refractivity contribution in [3.8, 4) is 0 Å². The molecule has 0 fully saturated rings. The lowest BCUT2D eigenvalue weighted by molar-refractivity contribution is -0.102. The zero-order valence-corrected chi connectivity index (χ0v) is 5.24. The molecule has 1 heterocycles. The van der Waals surface area contributed by atoms with Crippen LogP contribution in [0.3, 0.4) is 0 Å². The molecule has 0 saturated heterocycles. The number of aliphatic imine (C=N–C) groups is 1. The van der Waals surface area contributed by atoms with E-state index in [0.717, 1.165) is 6.29 Å². The molecule has 3 heteroatoms. The molecule has 1 aliphatic rings. The average molecular weight is 124 g/mol. The predicted molar refractivity (Wildman–Crippen MR) is 35.3 cm³/mol. The summed E-state index contributed by atoms with van der Waals surface area (Å²) in [5, 5.41) is 0. The Labute approximate surface area is 53.7 Å². The zero-order chi connectivity index (χ0) is 6.69. The fourth-order valence-corrected chi connectivity index (χ4v) is 0.660. The first kappa shape index (κ1) is 6.01. The van der Waals surface area contributed by atoms with Crippen LogP contribution in [0.5, 0.6) is 0 Å². The molecule has 0 aliphatic carbocycles. The van der Waals surface area contributed by atoms with Gasteiger partial charge in [0.05, 0.1) is 12.3 Å². The van der Waals surface area contributed by atoms with E-state index in [1.807, 2.05) is 18.1 Å². The van der Waals surface area contributed by atoms with Gasteiger partial charge >= 0.3 is 0 Å². The van der Waals surface area contributed by atoms with Gasteiger partial charge in [-0.05, 0) is 0 Å². The minimum absolute atomic E-state index is 0.583. The Kier molecular flexibility index (Phi) is 1.63. The van der Waals surface area contributed by atoms with Gasteiger partial charge in [-0.3, -0.25) is 9.79 Å². The molecule has 0 unspecified atom stereocenters. The van der Waals surface area contributed by atoms with E-state index in [0.29, 0.717) is 12.3 Å².